The van der Waals surface area contributed by atoms with Crippen LogP contribution < -0.4 is 15.8 Å². The quantitative estimate of drug-likeness (QED) is 0.627. The number of nitrogens with one attached hydrogen (secondary N) is 1. The highest BCUT2D eigenvalue weighted by Crippen LogP contribution is 2.25. The van der Waals surface area contributed by atoms with Gasteiger partial charge in [-0.1, -0.05) is 30.3 Å². The molecule has 0 saturated carbocycles. The third-order valence-corrected chi connectivity index (χ3v) is 6.62. The van der Waals surface area contributed by atoms with E-state index in [-0.39, 0.29) is 23.4 Å². The Morgan fingerprint density at radius 1 is 1.18 bits per heavy atom. The Kier molecular flexibility index (Phi) is 6.62. The Morgan fingerprint density at radius 3 is 2.48 bits per heavy atom. The molecule has 1 unspecified atom stereocenters. The summed E-state index contributed by atoms with van der Waals surface area (Å²) in [6.45, 7) is 7.92. The maximum atomic E-state index is 12.9. The zero-order valence-corrected chi connectivity index (χ0v) is 19.8. The van der Waals surface area contributed by atoms with E-state index in [1.807, 2.05) is 62.8 Å². The van der Waals surface area contributed by atoms with Crippen molar-refractivity contribution in [1.82, 2.24) is 24.9 Å². The van der Waals surface area contributed by atoms with Gasteiger partial charge in [0.15, 0.2) is 0 Å². The standard InChI is InChI=1S/C25H32N6O2/c1-17(24-18(2)28-29(4)19(24)3)27-25(33)21-10-12-30(13-11-21)22-14-23(32)31(26-15-22)16-20-8-6-5-7-9-20/h5-9,14-15,17,21H,10-13,16H2,1-4H3,(H,27,33). The fourth-order valence-corrected chi connectivity index (χ4v) is 4.69. The smallest absolute Gasteiger partial charge is 0.269 e. The molecule has 1 fully saturated rings. The monoisotopic (exact) mass is 448 g/mol. The number of carbonyl (C=O) groups excluding carboxylic acids is 1. The second-order valence-corrected chi connectivity index (χ2v) is 8.89. The number of hydrogen-bond donors (Lipinski definition) is 1. The summed E-state index contributed by atoms with van der Waals surface area (Å²) in [5.41, 5.74) is 4.85. The number of rotatable bonds is 6. The van der Waals surface area contributed by atoms with Gasteiger partial charge in [0.2, 0.25) is 5.91 Å². The topological polar surface area (TPSA) is 85.1 Å². The molecule has 8 heteroatoms. The van der Waals surface area contributed by atoms with Crippen LogP contribution in [0.4, 0.5) is 5.69 Å². The van der Waals surface area contributed by atoms with E-state index in [4.69, 9.17) is 0 Å². The minimum Gasteiger partial charge on any atom is -0.370 e. The number of hydrogen-bond acceptors (Lipinski definition) is 5. The molecule has 3 heterocycles. The lowest BCUT2D eigenvalue weighted by atomic mass is 9.94. The molecule has 1 atom stereocenters. The minimum absolute atomic E-state index is 0.0348. The first-order valence-electron chi connectivity index (χ1n) is 11.5. The molecule has 0 aliphatic carbocycles. The molecule has 1 N–H and O–H groups in total. The summed E-state index contributed by atoms with van der Waals surface area (Å²) >= 11 is 0. The van der Waals surface area contributed by atoms with Crippen LogP contribution in [-0.4, -0.2) is 38.6 Å². The van der Waals surface area contributed by atoms with E-state index in [0.29, 0.717) is 6.54 Å². The molecule has 1 amide bonds. The van der Waals surface area contributed by atoms with Crippen LogP contribution in [0.25, 0.3) is 0 Å². The van der Waals surface area contributed by atoms with Crippen molar-refractivity contribution in [3.05, 3.63) is 75.5 Å². The molecule has 1 saturated heterocycles. The average Bonchev–Trinajstić information content (AvgIpc) is 3.07. The number of aromatic nitrogens is 4. The Labute approximate surface area is 194 Å². The molecule has 174 valence electrons. The molecule has 8 nitrogen and oxygen atoms in total. The Hall–Kier alpha value is -3.42. The van der Waals surface area contributed by atoms with Crippen LogP contribution in [0.15, 0.2) is 47.4 Å². The predicted molar refractivity (Wildman–Crippen MR) is 128 cm³/mol. The van der Waals surface area contributed by atoms with Gasteiger partial charge in [-0.05, 0) is 39.2 Å². The predicted octanol–water partition coefficient (Wildman–Crippen LogP) is 2.74. The van der Waals surface area contributed by atoms with Gasteiger partial charge in [0, 0.05) is 43.4 Å². The molecule has 0 bridgehead atoms. The summed E-state index contributed by atoms with van der Waals surface area (Å²) in [7, 11) is 1.92. The van der Waals surface area contributed by atoms with Crippen LogP contribution in [0.3, 0.4) is 0 Å². The van der Waals surface area contributed by atoms with Crippen molar-refractivity contribution < 1.29 is 4.79 Å². The molecule has 1 aromatic carbocycles. The van der Waals surface area contributed by atoms with Crippen LogP contribution in [0.1, 0.15) is 48.3 Å². The molecule has 33 heavy (non-hydrogen) atoms. The van der Waals surface area contributed by atoms with E-state index < -0.39 is 0 Å². The van der Waals surface area contributed by atoms with Crippen LogP contribution >= 0.6 is 0 Å². The van der Waals surface area contributed by atoms with Crippen molar-refractivity contribution in [2.24, 2.45) is 13.0 Å². The van der Waals surface area contributed by atoms with Gasteiger partial charge in [-0.15, -0.1) is 0 Å². The Morgan fingerprint density at radius 2 is 1.88 bits per heavy atom. The average molecular weight is 449 g/mol. The van der Waals surface area contributed by atoms with Crippen molar-refractivity contribution >= 4 is 11.6 Å². The molecule has 3 aromatic rings. The summed E-state index contributed by atoms with van der Waals surface area (Å²) in [5.74, 6) is 0.0496. The number of benzene rings is 1. The van der Waals surface area contributed by atoms with Crippen LogP contribution in [0.5, 0.6) is 0 Å². The molecule has 0 radical (unpaired) electrons. The Balaban J connectivity index is 1.34. The van der Waals surface area contributed by atoms with Gasteiger partial charge in [-0.25, -0.2) is 4.68 Å². The molecule has 1 aliphatic heterocycles. The van der Waals surface area contributed by atoms with Gasteiger partial charge in [0.1, 0.15) is 0 Å². The molecule has 1 aliphatic rings. The van der Waals surface area contributed by atoms with Crippen LogP contribution in [0.2, 0.25) is 0 Å². The fraction of sp³-hybridized carbons (Fsp3) is 0.440. The van der Waals surface area contributed by atoms with E-state index in [1.54, 1.807) is 12.3 Å². The highest BCUT2D eigenvalue weighted by Gasteiger charge is 2.27. The van der Waals surface area contributed by atoms with Crippen molar-refractivity contribution in [3.8, 4) is 0 Å². The molecule has 2 aromatic heterocycles. The van der Waals surface area contributed by atoms with Gasteiger partial charge in [-0.2, -0.15) is 10.2 Å². The van der Waals surface area contributed by atoms with Gasteiger partial charge in [0.05, 0.1) is 30.2 Å². The molecular weight excluding hydrogens is 416 g/mol. The van der Waals surface area contributed by atoms with E-state index >= 15 is 0 Å². The lowest BCUT2D eigenvalue weighted by Gasteiger charge is -2.33. The second-order valence-electron chi connectivity index (χ2n) is 8.89. The van der Waals surface area contributed by atoms with E-state index in [9.17, 15) is 9.59 Å². The lowest BCUT2D eigenvalue weighted by Crippen LogP contribution is -2.41. The van der Waals surface area contributed by atoms with Gasteiger partial charge in [-0.3, -0.25) is 14.3 Å². The normalized spacial score (nSPS) is 15.5. The van der Waals surface area contributed by atoms with Crippen molar-refractivity contribution in [3.63, 3.8) is 0 Å². The van der Waals surface area contributed by atoms with Crippen LogP contribution in [0, 0.1) is 19.8 Å². The molecular formula is C25H32N6O2. The number of nitrogens with zero attached hydrogens (tertiary/aromatic N) is 5. The van der Waals surface area contributed by atoms with E-state index in [0.717, 1.165) is 54.1 Å². The maximum Gasteiger partial charge on any atom is 0.269 e. The van der Waals surface area contributed by atoms with Crippen molar-refractivity contribution in [2.45, 2.75) is 46.2 Å². The summed E-state index contributed by atoms with van der Waals surface area (Å²) < 4.78 is 3.33. The number of aryl methyl sites for hydroxylation is 2. The number of anilines is 1. The SMILES string of the molecule is Cc1nn(C)c(C)c1C(C)NC(=O)C1CCN(c2cnn(Cc3ccccc3)c(=O)c2)CC1. The minimum atomic E-state index is -0.118. The largest absolute Gasteiger partial charge is 0.370 e. The first kappa shape index (κ1) is 22.8. The zero-order chi connectivity index (χ0) is 23.5. The number of amides is 1. The Bertz CT molecular complexity index is 1180. The summed E-state index contributed by atoms with van der Waals surface area (Å²) in [5, 5.41) is 12.0. The second kappa shape index (κ2) is 9.60. The fourth-order valence-electron chi connectivity index (χ4n) is 4.69. The van der Waals surface area contributed by atoms with Crippen LogP contribution in [-0.2, 0) is 18.4 Å². The maximum absolute atomic E-state index is 12.9. The van der Waals surface area contributed by atoms with Gasteiger partial charge in [0.25, 0.3) is 5.56 Å². The first-order valence-corrected chi connectivity index (χ1v) is 11.5. The summed E-state index contributed by atoms with van der Waals surface area (Å²) in [6.07, 6.45) is 3.24. The third kappa shape index (κ3) is 4.99. The number of carbonyl (C=O) groups is 1. The van der Waals surface area contributed by atoms with Gasteiger partial charge >= 0.3 is 0 Å². The highest BCUT2D eigenvalue weighted by atomic mass is 16.2. The third-order valence-electron chi connectivity index (χ3n) is 6.62. The van der Waals surface area contributed by atoms with Crippen molar-refractivity contribution in [2.75, 3.05) is 18.0 Å². The van der Waals surface area contributed by atoms with Gasteiger partial charge < -0.3 is 10.2 Å². The summed E-state index contributed by atoms with van der Waals surface area (Å²) in [4.78, 5) is 27.6. The van der Waals surface area contributed by atoms with Crippen molar-refractivity contribution in [1.29, 1.82) is 0 Å². The first-order chi connectivity index (χ1) is 15.8. The highest BCUT2D eigenvalue weighted by molar-refractivity contribution is 5.79. The number of piperidine rings is 1. The molecule has 4 rings (SSSR count). The lowest BCUT2D eigenvalue weighted by molar-refractivity contribution is -0.126. The van der Waals surface area contributed by atoms with E-state index in [2.05, 4.69) is 20.4 Å². The zero-order valence-electron chi connectivity index (χ0n) is 19.8. The molecule has 0 spiro atoms. The summed E-state index contributed by atoms with van der Waals surface area (Å²) in [6, 6.07) is 11.4. The van der Waals surface area contributed by atoms with E-state index in [1.165, 1.54) is 4.68 Å².